The van der Waals surface area contributed by atoms with Gasteiger partial charge >= 0.3 is 0 Å². The van der Waals surface area contributed by atoms with Crippen molar-refractivity contribution >= 4 is 23.3 Å². The summed E-state index contributed by atoms with van der Waals surface area (Å²) in [5.74, 6) is -0.0766. The third-order valence-corrected chi connectivity index (χ3v) is 4.52. The maximum absolute atomic E-state index is 12.6. The first kappa shape index (κ1) is 19.1. The Labute approximate surface area is 173 Å². The molecule has 0 aliphatic rings. The highest BCUT2D eigenvalue weighted by Crippen LogP contribution is 2.16. The lowest BCUT2D eigenvalue weighted by molar-refractivity contribution is -0.115. The van der Waals surface area contributed by atoms with Gasteiger partial charge in [0, 0.05) is 36.9 Å². The summed E-state index contributed by atoms with van der Waals surface area (Å²) in [5.41, 5.74) is 2.71. The van der Waals surface area contributed by atoms with Gasteiger partial charge in [0.2, 0.25) is 5.91 Å². The molecule has 0 atom stereocenters. The van der Waals surface area contributed by atoms with Crippen molar-refractivity contribution in [2.45, 2.75) is 6.42 Å². The Morgan fingerprint density at radius 1 is 1.00 bits per heavy atom. The van der Waals surface area contributed by atoms with Crippen LogP contribution in [0.15, 0.2) is 79.4 Å². The Kier molecular flexibility index (Phi) is 5.38. The predicted molar refractivity (Wildman–Crippen MR) is 114 cm³/mol. The van der Waals surface area contributed by atoms with Crippen molar-refractivity contribution in [1.82, 2.24) is 19.3 Å². The minimum absolute atomic E-state index is 0.175. The number of hydrogen-bond donors (Lipinski definition) is 2. The van der Waals surface area contributed by atoms with Crippen molar-refractivity contribution in [2.24, 2.45) is 7.05 Å². The quantitative estimate of drug-likeness (QED) is 0.520. The number of imidazole rings is 1. The van der Waals surface area contributed by atoms with E-state index in [1.165, 1.54) is 4.68 Å². The Morgan fingerprint density at radius 3 is 2.47 bits per heavy atom. The molecule has 0 saturated heterocycles. The third-order valence-electron chi connectivity index (χ3n) is 4.52. The fourth-order valence-electron chi connectivity index (χ4n) is 2.99. The smallest absolute Gasteiger partial charge is 0.276 e. The van der Waals surface area contributed by atoms with Gasteiger partial charge in [-0.2, -0.15) is 5.10 Å². The molecule has 8 nitrogen and oxygen atoms in total. The second-order valence-corrected chi connectivity index (χ2v) is 6.72. The van der Waals surface area contributed by atoms with E-state index in [2.05, 4.69) is 20.7 Å². The van der Waals surface area contributed by atoms with E-state index in [1.54, 1.807) is 37.8 Å². The molecule has 8 heteroatoms. The first-order chi connectivity index (χ1) is 14.6. The highest BCUT2D eigenvalue weighted by molar-refractivity contribution is 6.04. The minimum atomic E-state index is -0.357. The Balaban J connectivity index is 1.39. The minimum Gasteiger partial charge on any atom is -0.321 e. The zero-order valence-electron chi connectivity index (χ0n) is 16.3. The molecule has 0 aliphatic heterocycles. The number of carbonyl (C=O) groups excluding carboxylic acids is 2. The molecule has 2 amide bonds. The number of rotatable bonds is 6. The maximum Gasteiger partial charge on any atom is 0.276 e. The van der Waals surface area contributed by atoms with E-state index < -0.39 is 0 Å². The van der Waals surface area contributed by atoms with E-state index in [4.69, 9.17) is 0 Å². The molecule has 0 spiro atoms. The summed E-state index contributed by atoms with van der Waals surface area (Å²) in [5, 5.41) is 9.81. The Hall–Kier alpha value is -4.20. The van der Waals surface area contributed by atoms with E-state index in [9.17, 15) is 9.59 Å². The Morgan fingerprint density at radius 2 is 1.77 bits per heavy atom. The zero-order chi connectivity index (χ0) is 20.9. The van der Waals surface area contributed by atoms with E-state index >= 15 is 0 Å². The van der Waals surface area contributed by atoms with Crippen LogP contribution in [-0.4, -0.2) is 31.1 Å². The van der Waals surface area contributed by atoms with Gasteiger partial charge in [0.25, 0.3) is 5.91 Å². The fourth-order valence-corrected chi connectivity index (χ4v) is 2.99. The number of aromatic nitrogens is 4. The summed E-state index contributed by atoms with van der Waals surface area (Å²) in [4.78, 5) is 28.8. The molecule has 0 bridgehead atoms. The summed E-state index contributed by atoms with van der Waals surface area (Å²) in [6.07, 6.45) is 5.49. The van der Waals surface area contributed by atoms with Crippen LogP contribution in [0.5, 0.6) is 0 Å². The van der Waals surface area contributed by atoms with Crippen LogP contribution in [0.25, 0.3) is 5.69 Å². The molecule has 0 saturated carbocycles. The maximum atomic E-state index is 12.6. The molecule has 2 N–H and O–H groups in total. The number of aryl methyl sites for hydroxylation is 1. The van der Waals surface area contributed by atoms with Gasteiger partial charge in [0.05, 0.1) is 12.7 Å². The summed E-state index contributed by atoms with van der Waals surface area (Å²) in [6, 6.07) is 18.4. The normalized spacial score (nSPS) is 10.6. The molecular formula is C22H20N6O2. The lowest BCUT2D eigenvalue weighted by Crippen LogP contribution is -2.16. The number of anilines is 2. The van der Waals surface area contributed by atoms with Gasteiger partial charge in [-0.25, -0.2) is 4.98 Å². The molecule has 0 aliphatic carbocycles. The first-order valence-corrected chi connectivity index (χ1v) is 9.36. The second-order valence-electron chi connectivity index (χ2n) is 6.72. The number of benzene rings is 2. The average molecular weight is 400 g/mol. The van der Waals surface area contributed by atoms with Crippen LogP contribution in [0.2, 0.25) is 0 Å². The monoisotopic (exact) mass is 400 g/mol. The Bertz CT molecular complexity index is 1150. The van der Waals surface area contributed by atoms with Crippen LogP contribution in [0, 0.1) is 0 Å². The van der Waals surface area contributed by atoms with E-state index in [-0.39, 0.29) is 23.9 Å². The molecule has 0 fully saturated rings. The van der Waals surface area contributed by atoms with Gasteiger partial charge in [-0.1, -0.05) is 30.3 Å². The van der Waals surface area contributed by atoms with Gasteiger partial charge in [0.1, 0.15) is 5.82 Å². The van der Waals surface area contributed by atoms with Crippen LogP contribution in [0.3, 0.4) is 0 Å². The molecular weight excluding hydrogens is 380 g/mol. The molecule has 2 heterocycles. The zero-order valence-corrected chi connectivity index (χ0v) is 16.3. The van der Waals surface area contributed by atoms with Gasteiger partial charge in [-0.3, -0.25) is 14.3 Å². The van der Waals surface area contributed by atoms with Gasteiger partial charge in [0.15, 0.2) is 5.69 Å². The summed E-state index contributed by atoms with van der Waals surface area (Å²) in [6.45, 7) is 0. The van der Waals surface area contributed by atoms with Crippen molar-refractivity contribution in [3.8, 4) is 5.69 Å². The van der Waals surface area contributed by atoms with Gasteiger partial charge in [-0.05, 0) is 29.8 Å². The van der Waals surface area contributed by atoms with Crippen molar-refractivity contribution in [2.75, 3.05) is 10.6 Å². The number of nitrogens with zero attached hydrogens (tertiary/aromatic N) is 4. The highest BCUT2D eigenvalue weighted by Gasteiger charge is 2.15. The molecule has 0 unspecified atom stereocenters. The van der Waals surface area contributed by atoms with Crippen LogP contribution in [-0.2, 0) is 18.3 Å². The SMILES string of the molecule is Cn1nc(C(=O)Nc2ccc(-n3ccnc3)cc2)cc1NC(=O)Cc1ccccc1. The lowest BCUT2D eigenvalue weighted by atomic mass is 10.1. The second kappa shape index (κ2) is 8.44. The summed E-state index contributed by atoms with van der Waals surface area (Å²) in [7, 11) is 1.68. The topological polar surface area (TPSA) is 93.8 Å². The molecule has 2 aromatic carbocycles. The van der Waals surface area contributed by atoms with E-state index in [1.807, 2.05) is 53.2 Å². The predicted octanol–water partition coefficient (Wildman–Crippen LogP) is 3.04. The highest BCUT2D eigenvalue weighted by atomic mass is 16.2. The molecule has 2 aromatic heterocycles. The average Bonchev–Trinajstić information content (AvgIpc) is 3.40. The van der Waals surface area contributed by atoms with Crippen LogP contribution in [0.1, 0.15) is 16.1 Å². The fraction of sp³-hybridized carbons (Fsp3) is 0.0909. The lowest BCUT2D eigenvalue weighted by Gasteiger charge is -2.05. The molecule has 4 aromatic rings. The number of nitrogens with one attached hydrogen (secondary N) is 2. The summed E-state index contributed by atoms with van der Waals surface area (Å²) >= 11 is 0. The first-order valence-electron chi connectivity index (χ1n) is 9.36. The van der Waals surface area contributed by atoms with E-state index in [0.29, 0.717) is 11.5 Å². The molecule has 0 radical (unpaired) electrons. The van der Waals surface area contributed by atoms with Crippen LogP contribution >= 0.6 is 0 Å². The van der Waals surface area contributed by atoms with E-state index in [0.717, 1.165) is 11.3 Å². The molecule has 4 rings (SSSR count). The number of carbonyl (C=O) groups is 2. The van der Waals surface area contributed by atoms with Gasteiger partial charge in [-0.15, -0.1) is 0 Å². The third kappa shape index (κ3) is 4.44. The van der Waals surface area contributed by atoms with Crippen molar-refractivity contribution in [3.05, 3.63) is 90.6 Å². The number of hydrogen-bond acceptors (Lipinski definition) is 4. The van der Waals surface area contributed by atoms with Crippen LogP contribution in [0.4, 0.5) is 11.5 Å². The number of amides is 2. The van der Waals surface area contributed by atoms with Gasteiger partial charge < -0.3 is 15.2 Å². The van der Waals surface area contributed by atoms with Crippen LogP contribution < -0.4 is 10.6 Å². The molecule has 30 heavy (non-hydrogen) atoms. The molecule has 150 valence electrons. The largest absolute Gasteiger partial charge is 0.321 e. The summed E-state index contributed by atoms with van der Waals surface area (Å²) < 4.78 is 3.34. The van der Waals surface area contributed by atoms with Crippen molar-refractivity contribution < 1.29 is 9.59 Å². The standard InChI is InChI=1S/C22H20N6O2/c1-27-20(25-21(29)13-16-5-3-2-4-6-16)14-19(26-27)22(30)24-17-7-9-18(10-8-17)28-12-11-23-15-28/h2-12,14-15H,13H2,1H3,(H,24,30)(H,25,29). The van der Waals surface area contributed by atoms with Crippen molar-refractivity contribution in [3.63, 3.8) is 0 Å². The van der Waals surface area contributed by atoms with Crippen molar-refractivity contribution in [1.29, 1.82) is 0 Å².